The maximum absolute atomic E-state index is 10.8. The van der Waals surface area contributed by atoms with E-state index in [0.29, 0.717) is 0 Å². The Morgan fingerprint density at radius 1 is 1.33 bits per heavy atom. The second kappa shape index (κ2) is 6.85. The average molecular weight is 247 g/mol. The van der Waals surface area contributed by atoms with E-state index in [-0.39, 0.29) is 5.90 Å². The fourth-order valence-corrected chi connectivity index (χ4v) is 1.08. The van der Waals surface area contributed by atoms with Gasteiger partial charge in [0.25, 0.3) is 0 Å². The summed E-state index contributed by atoms with van der Waals surface area (Å²) >= 11 is 0. The molecule has 0 spiro atoms. The highest BCUT2D eigenvalue weighted by Gasteiger charge is 2.00. The third-order valence-electron chi connectivity index (χ3n) is 1.74. The number of benzene rings is 1. The lowest BCUT2D eigenvalue weighted by molar-refractivity contribution is -0.132. The lowest BCUT2D eigenvalue weighted by Crippen LogP contribution is -2.26. The number of nitrogens with zero attached hydrogens (tertiary/aromatic N) is 1. The van der Waals surface area contributed by atoms with E-state index in [2.05, 4.69) is 5.10 Å². The topological polar surface area (TPSA) is 93.8 Å². The number of nitrogens with two attached hydrogens (primary N) is 1. The minimum atomic E-state index is -0.840. The monoisotopic (exact) mass is 247 g/mol. The predicted molar refractivity (Wildman–Crippen MR) is 67.4 cm³/mol. The van der Waals surface area contributed by atoms with Crippen molar-refractivity contribution in [2.45, 2.75) is 6.92 Å². The Balaban J connectivity index is 2.78. The second-order valence-corrected chi connectivity index (χ2v) is 3.26. The van der Waals surface area contributed by atoms with Crippen LogP contribution in [0.25, 0.3) is 6.08 Å². The predicted octanol–water partition coefficient (Wildman–Crippen LogP) is 1.24. The first-order valence-corrected chi connectivity index (χ1v) is 5.12. The molecule has 0 unspecified atom stereocenters. The zero-order valence-electron chi connectivity index (χ0n) is 9.79. The van der Waals surface area contributed by atoms with Crippen molar-refractivity contribution in [2.24, 2.45) is 10.8 Å². The lowest BCUT2D eigenvalue weighted by atomic mass is 10.2. The normalized spacial score (nSPS) is 11.3. The van der Waals surface area contributed by atoms with Crippen molar-refractivity contribution >= 4 is 24.0 Å². The molecule has 18 heavy (non-hydrogen) atoms. The van der Waals surface area contributed by atoms with Crippen LogP contribution in [-0.2, 0) is 9.53 Å². The van der Waals surface area contributed by atoms with Crippen LogP contribution in [0.1, 0.15) is 12.5 Å². The van der Waals surface area contributed by atoms with Crippen LogP contribution in [0.5, 0.6) is 0 Å². The van der Waals surface area contributed by atoms with E-state index < -0.39 is 12.0 Å². The molecule has 6 nitrogen and oxygen atoms in total. The van der Waals surface area contributed by atoms with Gasteiger partial charge in [-0.15, -0.1) is 5.10 Å². The number of nitrogens with one attached hydrogen (secondary N) is 1. The van der Waals surface area contributed by atoms with Gasteiger partial charge in [0, 0.05) is 13.0 Å². The first-order chi connectivity index (χ1) is 8.58. The molecule has 0 aliphatic rings. The number of carbonyl (C=O) groups is 2. The Morgan fingerprint density at radius 3 is 2.56 bits per heavy atom. The van der Waals surface area contributed by atoms with Crippen LogP contribution in [0.3, 0.4) is 0 Å². The molecule has 3 N–H and O–H groups in total. The summed E-state index contributed by atoms with van der Waals surface area (Å²) in [5, 5.41) is 3.54. The first kappa shape index (κ1) is 13.4. The van der Waals surface area contributed by atoms with Crippen LogP contribution in [0.4, 0.5) is 4.79 Å². The summed E-state index contributed by atoms with van der Waals surface area (Å²) < 4.78 is 4.78. The number of esters is 1. The van der Waals surface area contributed by atoms with Crippen LogP contribution in [0.15, 0.2) is 41.5 Å². The van der Waals surface area contributed by atoms with Crippen molar-refractivity contribution in [3.8, 4) is 0 Å². The Kier molecular flexibility index (Phi) is 5.11. The van der Waals surface area contributed by atoms with Crippen molar-refractivity contribution in [3.63, 3.8) is 0 Å². The summed E-state index contributed by atoms with van der Waals surface area (Å²) in [6.45, 7) is 1.23. The van der Waals surface area contributed by atoms with Crippen molar-refractivity contribution in [2.75, 3.05) is 0 Å². The van der Waals surface area contributed by atoms with Crippen LogP contribution >= 0.6 is 0 Å². The molecule has 0 radical (unpaired) electrons. The van der Waals surface area contributed by atoms with Crippen molar-refractivity contribution in [1.29, 1.82) is 0 Å². The van der Waals surface area contributed by atoms with Gasteiger partial charge in [-0.2, -0.15) is 0 Å². The smallest absolute Gasteiger partial charge is 0.332 e. The van der Waals surface area contributed by atoms with E-state index in [0.717, 1.165) is 5.56 Å². The van der Waals surface area contributed by atoms with E-state index in [9.17, 15) is 9.59 Å². The molecule has 94 valence electrons. The molecule has 2 amide bonds. The minimum Gasteiger partial charge on any atom is -0.406 e. The van der Waals surface area contributed by atoms with E-state index in [4.69, 9.17) is 10.5 Å². The van der Waals surface area contributed by atoms with Gasteiger partial charge in [0.05, 0.1) is 0 Å². The molecule has 0 atom stereocenters. The zero-order valence-corrected chi connectivity index (χ0v) is 9.79. The van der Waals surface area contributed by atoms with Gasteiger partial charge in [0.2, 0.25) is 5.90 Å². The Hall–Kier alpha value is -2.63. The van der Waals surface area contributed by atoms with Gasteiger partial charge in [0.15, 0.2) is 0 Å². The SMILES string of the molecule is CC(=O)OC(/C=C/c1ccccc1)=N\NC(N)=O. The quantitative estimate of drug-likeness (QED) is 0.364. The number of amides is 2. The van der Waals surface area contributed by atoms with Crippen molar-refractivity contribution < 1.29 is 14.3 Å². The third kappa shape index (κ3) is 5.45. The second-order valence-electron chi connectivity index (χ2n) is 3.26. The van der Waals surface area contributed by atoms with E-state index in [1.807, 2.05) is 35.8 Å². The van der Waals surface area contributed by atoms with Gasteiger partial charge >= 0.3 is 12.0 Å². The third-order valence-corrected chi connectivity index (χ3v) is 1.74. The molecule has 1 rings (SSSR count). The molecule has 0 aliphatic heterocycles. The van der Waals surface area contributed by atoms with Crippen LogP contribution in [-0.4, -0.2) is 17.9 Å². The summed E-state index contributed by atoms with van der Waals surface area (Å²) in [5.74, 6) is -0.595. The average Bonchev–Trinajstić information content (AvgIpc) is 2.33. The Bertz CT molecular complexity index is 481. The summed E-state index contributed by atoms with van der Waals surface area (Å²) in [7, 11) is 0. The van der Waals surface area contributed by atoms with Gasteiger partial charge in [-0.3, -0.25) is 4.79 Å². The molecular weight excluding hydrogens is 234 g/mol. The van der Waals surface area contributed by atoms with Crippen molar-refractivity contribution in [3.05, 3.63) is 42.0 Å². The summed E-state index contributed by atoms with van der Waals surface area (Å²) in [4.78, 5) is 21.3. The fourth-order valence-electron chi connectivity index (χ4n) is 1.08. The van der Waals surface area contributed by atoms with E-state index in [1.54, 1.807) is 6.08 Å². The number of rotatable bonds is 3. The van der Waals surface area contributed by atoms with Gasteiger partial charge < -0.3 is 10.5 Å². The largest absolute Gasteiger partial charge is 0.406 e. The number of ether oxygens (including phenoxy) is 1. The van der Waals surface area contributed by atoms with Gasteiger partial charge in [-0.25, -0.2) is 10.2 Å². The van der Waals surface area contributed by atoms with Gasteiger partial charge in [-0.05, 0) is 11.6 Å². The highest BCUT2D eigenvalue weighted by molar-refractivity contribution is 5.98. The molecule has 0 saturated carbocycles. The maximum Gasteiger partial charge on any atom is 0.332 e. The number of hydrogen-bond acceptors (Lipinski definition) is 4. The van der Waals surface area contributed by atoms with Crippen molar-refractivity contribution in [1.82, 2.24) is 5.43 Å². The van der Waals surface area contributed by atoms with Crippen LogP contribution in [0.2, 0.25) is 0 Å². The molecule has 6 heteroatoms. The molecule has 0 aromatic heterocycles. The van der Waals surface area contributed by atoms with Gasteiger partial charge in [-0.1, -0.05) is 30.3 Å². The Morgan fingerprint density at radius 2 is 2.00 bits per heavy atom. The fraction of sp³-hybridized carbons (Fsp3) is 0.0833. The summed E-state index contributed by atoms with van der Waals surface area (Å²) in [6, 6.07) is 8.50. The first-order valence-electron chi connectivity index (χ1n) is 5.12. The number of primary amides is 1. The molecule has 0 heterocycles. The molecule has 0 bridgehead atoms. The molecule has 0 aliphatic carbocycles. The standard InChI is InChI=1S/C12H13N3O3/c1-9(16)18-11(14-15-12(13)17)8-7-10-5-3-2-4-6-10/h2-8H,1H3,(H3,13,15,17)/b8-7+,14-11-. The summed E-state index contributed by atoms with van der Waals surface area (Å²) in [5.41, 5.74) is 7.74. The molecule has 0 saturated heterocycles. The highest BCUT2D eigenvalue weighted by Crippen LogP contribution is 2.01. The van der Waals surface area contributed by atoms with Gasteiger partial charge in [0.1, 0.15) is 0 Å². The molecule has 1 aromatic carbocycles. The van der Waals surface area contributed by atoms with E-state index in [1.165, 1.54) is 13.0 Å². The molecular formula is C12H13N3O3. The maximum atomic E-state index is 10.8. The number of hydrogen-bond donors (Lipinski definition) is 2. The number of carbonyl (C=O) groups excluding carboxylic acids is 2. The van der Waals surface area contributed by atoms with Crippen LogP contribution in [0, 0.1) is 0 Å². The van der Waals surface area contributed by atoms with Crippen LogP contribution < -0.4 is 11.2 Å². The highest BCUT2D eigenvalue weighted by atomic mass is 16.5. The number of urea groups is 1. The zero-order chi connectivity index (χ0) is 13.4. The lowest BCUT2D eigenvalue weighted by Gasteiger charge is -2.00. The summed E-state index contributed by atoms with van der Waals surface area (Å²) in [6.07, 6.45) is 3.14. The molecule has 0 fully saturated rings. The minimum absolute atomic E-state index is 0.0508. The molecule has 1 aromatic rings. The number of hydrazone groups is 1. The Labute approximate surface area is 104 Å². The van der Waals surface area contributed by atoms with E-state index >= 15 is 0 Å².